The molecule has 2 fully saturated rings. The van der Waals surface area contributed by atoms with Gasteiger partial charge >= 0.3 is 0 Å². The first-order valence-corrected chi connectivity index (χ1v) is 8.39. The highest BCUT2D eigenvalue weighted by molar-refractivity contribution is 5.29. The topological polar surface area (TPSA) is 74.5 Å². The summed E-state index contributed by atoms with van der Waals surface area (Å²) in [5.74, 6) is 0.619. The standard InChI is InChI=1S/C17H21N5O2/c23-15-10-14(22(12-16(15)24)13-2-3-13)11-20-6-8-21(9-7-20)17-18-4-1-5-19-17/h1,4-5,10,12-13,24H,2-3,6-9,11H2. The highest BCUT2D eigenvalue weighted by atomic mass is 16.3. The molecule has 0 unspecified atom stereocenters. The highest BCUT2D eigenvalue weighted by Crippen LogP contribution is 2.36. The quantitative estimate of drug-likeness (QED) is 0.903. The lowest BCUT2D eigenvalue weighted by atomic mass is 10.2. The van der Waals surface area contributed by atoms with Gasteiger partial charge in [-0.15, -0.1) is 0 Å². The third-order valence-electron chi connectivity index (χ3n) is 4.68. The van der Waals surface area contributed by atoms with Crippen LogP contribution in [0.4, 0.5) is 5.95 Å². The predicted octanol–water partition coefficient (Wildman–Crippen LogP) is 1.00. The molecule has 0 radical (unpaired) electrons. The normalized spacial score (nSPS) is 18.8. The van der Waals surface area contributed by atoms with Crippen LogP contribution in [0.5, 0.6) is 5.75 Å². The lowest BCUT2D eigenvalue weighted by molar-refractivity contribution is 0.241. The lowest BCUT2D eigenvalue weighted by Crippen LogP contribution is -2.46. The Balaban J connectivity index is 1.44. The Kier molecular flexibility index (Phi) is 3.93. The van der Waals surface area contributed by atoms with Crippen LogP contribution < -0.4 is 10.3 Å². The predicted molar refractivity (Wildman–Crippen MR) is 90.2 cm³/mol. The fourth-order valence-electron chi connectivity index (χ4n) is 3.19. The van der Waals surface area contributed by atoms with Gasteiger partial charge in [0.05, 0.1) is 6.20 Å². The van der Waals surface area contributed by atoms with Crippen LogP contribution in [0.1, 0.15) is 24.6 Å². The van der Waals surface area contributed by atoms with Gasteiger partial charge in [0.15, 0.2) is 5.75 Å². The highest BCUT2D eigenvalue weighted by Gasteiger charge is 2.27. The van der Waals surface area contributed by atoms with E-state index in [1.165, 1.54) is 0 Å². The summed E-state index contributed by atoms with van der Waals surface area (Å²) in [6, 6.07) is 3.84. The Morgan fingerprint density at radius 2 is 1.83 bits per heavy atom. The first-order valence-electron chi connectivity index (χ1n) is 8.39. The number of aromatic nitrogens is 3. The number of rotatable bonds is 4. The minimum atomic E-state index is -0.293. The molecule has 1 aliphatic carbocycles. The van der Waals surface area contributed by atoms with Gasteiger partial charge in [-0.3, -0.25) is 9.69 Å². The summed E-state index contributed by atoms with van der Waals surface area (Å²) in [5, 5.41) is 9.70. The summed E-state index contributed by atoms with van der Waals surface area (Å²) in [6.07, 6.45) is 7.37. The molecule has 0 amide bonds. The van der Waals surface area contributed by atoms with E-state index < -0.39 is 0 Å². The van der Waals surface area contributed by atoms with E-state index in [-0.39, 0.29) is 11.2 Å². The van der Waals surface area contributed by atoms with Gasteiger partial charge in [0.25, 0.3) is 0 Å². The zero-order valence-corrected chi connectivity index (χ0v) is 13.5. The first-order chi connectivity index (χ1) is 11.7. The molecule has 0 spiro atoms. The first kappa shape index (κ1) is 15.1. The smallest absolute Gasteiger partial charge is 0.225 e. The number of pyridine rings is 1. The molecule has 7 nitrogen and oxygen atoms in total. The SMILES string of the molecule is O=c1cc(CN2CCN(c3ncccn3)CC2)n(C2CC2)cc1O. The maximum atomic E-state index is 11.8. The molecule has 7 heteroatoms. The summed E-state index contributed by atoms with van der Waals surface area (Å²) in [6.45, 7) is 4.27. The van der Waals surface area contributed by atoms with Crippen molar-refractivity contribution in [2.24, 2.45) is 0 Å². The molecular weight excluding hydrogens is 306 g/mol. The van der Waals surface area contributed by atoms with Crippen molar-refractivity contribution in [1.82, 2.24) is 19.4 Å². The van der Waals surface area contributed by atoms with Crippen LogP contribution in [0.2, 0.25) is 0 Å². The van der Waals surface area contributed by atoms with E-state index in [4.69, 9.17) is 0 Å². The van der Waals surface area contributed by atoms with E-state index in [1.54, 1.807) is 24.7 Å². The van der Waals surface area contributed by atoms with Crippen molar-refractivity contribution >= 4 is 5.95 Å². The van der Waals surface area contributed by atoms with E-state index in [0.29, 0.717) is 6.04 Å². The molecular formula is C17H21N5O2. The number of piperazine rings is 1. The zero-order valence-electron chi connectivity index (χ0n) is 13.5. The van der Waals surface area contributed by atoms with Gasteiger partial charge in [0.2, 0.25) is 11.4 Å². The molecule has 0 atom stereocenters. The summed E-state index contributed by atoms with van der Waals surface area (Å²) in [5.41, 5.74) is 0.697. The fraction of sp³-hybridized carbons (Fsp3) is 0.471. The van der Waals surface area contributed by atoms with Crippen molar-refractivity contribution in [2.45, 2.75) is 25.4 Å². The lowest BCUT2D eigenvalue weighted by Gasteiger charge is -2.35. The second kappa shape index (κ2) is 6.24. The molecule has 2 aromatic rings. The third kappa shape index (κ3) is 3.12. The van der Waals surface area contributed by atoms with Crippen LogP contribution >= 0.6 is 0 Å². The molecule has 2 aromatic heterocycles. The van der Waals surface area contributed by atoms with Crippen LogP contribution in [0.25, 0.3) is 0 Å². The third-order valence-corrected chi connectivity index (χ3v) is 4.68. The summed E-state index contributed by atoms with van der Waals surface area (Å²) < 4.78 is 2.07. The number of aromatic hydroxyl groups is 1. The largest absolute Gasteiger partial charge is 0.503 e. The Morgan fingerprint density at radius 1 is 1.12 bits per heavy atom. The monoisotopic (exact) mass is 327 g/mol. The minimum absolute atomic E-state index is 0.156. The number of nitrogens with zero attached hydrogens (tertiary/aromatic N) is 5. The molecule has 126 valence electrons. The van der Waals surface area contributed by atoms with Gasteiger partial charge in [-0.1, -0.05) is 0 Å². The number of anilines is 1. The molecule has 1 aliphatic heterocycles. The van der Waals surface area contributed by atoms with Crippen molar-refractivity contribution in [3.05, 3.63) is 46.6 Å². The molecule has 1 N–H and O–H groups in total. The van der Waals surface area contributed by atoms with E-state index in [1.807, 2.05) is 6.07 Å². The summed E-state index contributed by atoms with van der Waals surface area (Å²) >= 11 is 0. The number of hydrogen-bond acceptors (Lipinski definition) is 6. The number of hydrogen-bond donors (Lipinski definition) is 1. The van der Waals surface area contributed by atoms with Crippen molar-refractivity contribution < 1.29 is 5.11 Å². The van der Waals surface area contributed by atoms with Crippen molar-refractivity contribution in [3.63, 3.8) is 0 Å². The van der Waals surface area contributed by atoms with E-state index in [0.717, 1.165) is 57.2 Å². The molecule has 1 saturated heterocycles. The molecule has 0 aromatic carbocycles. The average Bonchev–Trinajstić information content (AvgIpc) is 3.44. The van der Waals surface area contributed by atoms with Crippen LogP contribution in [-0.2, 0) is 6.54 Å². The molecule has 0 bridgehead atoms. The minimum Gasteiger partial charge on any atom is -0.503 e. The fourth-order valence-corrected chi connectivity index (χ4v) is 3.19. The van der Waals surface area contributed by atoms with E-state index in [2.05, 4.69) is 24.3 Å². The average molecular weight is 327 g/mol. The molecule has 3 heterocycles. The van der Waals surface area contributed by atoms with Gasteiger partial charge in [-0.2, -0.15) is 0 Å². The van der Waals surface area contributed by atoms with Crippen LogP contribution in [0.15, 0.2) is 35.5 Å². The van der Waals surface area contributed by atoms with Crippen LogP contribution in [0, 0.1) is 0 Å². The van der Waals surface area contributed by atoms with Crippen LogP contribution in [0.3, 0.4) is 0 Å². The molecule has 2 aliphatic rings. The van der Waals surface area contributed by atoms with Gasteiger partial charge in [-0.25, -0.2) is 9.97 Å². The van der Waals surface area contributed by atoms with Crippen molar-refractivity contribution in [2.75, 3.05) is 31.1 Å². The molecule has 1 saturated carbocycles. The van der Waals surface area contributed by atoms with Gasteiger partial charge in [0, 0.05) is 62.9 Å². The molecule has 4 rings (SSSR count). The van der Waals surface area contributed by atoms with Gasteiger partial charge in [-0.05, 0) is 18.9 Å². The summed E-state index contributed by atoms with van der Waals surface area (Å²) in [4.78, 5) is 24.9. The Bertz CT molecular complexity index is 764. The Morgan fingerprint density at radius 3 is 2.50 bits per heavy atom. The van der Waals surface area contributed by atoms with Crippen molar-refractivity contribution in [1.29, 1.82) is 0 Å². The maximum absolute atomic E-state index is 11.8. The van der Waals surface area contributed by atoms with Crippen molar-refractivity contribution in [3.8, 4) is 5.75 Å². The maximum Gasteiger partial charge on any atom is 0.225 e. The van der Waals surface area contributed by atoms with Crippen LogP contribution in [-0.4, -0.2) is 50.7 Å². The second-order valence-corrected chi connectivity index (χ2v) is 6.46. The zero-order chi connectivity index (χ0) is 16.5. The van der Waals surface area contributed by atoms with Gasteiger partial charge in [0.1, 0.15) is 0 Å². The van der Waals surface area contributed by atoms with E-state index in [9.17, 15) is 9.90 Å². The Hall–Kier alpha value is -2.41. The summed E-state index contributed by atoms with van der Waals surface area (Å²) in [7, 11) is 0. The second-order valence-electron chi connectivity index (χ2n) is 6.46. The molecule has 24 heavy (non-hydrogen) atoms. The Labute approximate surface area is 140 Å². The van der Waals surface area contributed by atoms with Gasteiger partial charge < -0.3 is 14.6 Å². The van der Waals surface area contributed by atoms with E-state index >= 15 is 0 Å².